The average Bonchev–Trinajstić information content (AvgIpc) is 2.94. The van der Waals surface area contributed by atoms with Crippen molar-refractivity contribution in [1.29, 1.82) is 0 Å². The van der Waals surface area contributed by atoms with Crippen LogP contribution in [0.3, 0.4) is 0 Å². The van der Waals surface area contributed by atoms with Crippen molar-refractivity contribution in [3.05, 3.63) is 53.5 Å². The average molecular weight is 331 g/mol. The minimum Gasteiger partial charge on any atom is -0.451 e. The second-order valence-electron chi connectivity index (χ2n) is 4.86. The van der Waals surface area contributed by atoms with Crippen LogP contribution in [0.15, 0.2) is 52.2 Å². The van der Waals surface area contributed by atoms with Gasteiger partial charge in [0.1, 0.15) is 6.54 Å². The third-order valence-electron chi connectivity index (χ3n) is 3.00. The van der Waals surface area contributed by atoms with Crippen LogP contribution in [0.1, 0.15) is 6.92 Å². The summed E-state index contributed by atoms with van der Waals surface area (Å²) in [6, 6.07) is 8.80. The second kappa shape index (κ2) is 7.91. The molecular formula is C16H17N3O5. The molecule has 1 N–H and O–H groups in total. The molecule has 1 atom stereocenters. The third kappa shape index (κ3) is 4.42. The van der Waals surface area contributed by atoms with Crippen molar-refractivity contribution < 1.29 is 18.7 Å². The van der Waals surface area contributed by atoms with Crippen LogP contribution in [-0.4, -0.2) is 34.3 Å². The fraction of sp³-hybridized carbons (Fsp3) is 0.250. The monoisotopic (exact) mass is 331 g/mol. The van der Waals surface area contributed by atoms with E-state index < -0.39 is 30.3 Å². The number of carbonyl (C=O) groups is 2. The molecule has 2 rings (SSSR count). The van der Waals surface area contributed by atoms with Gasteiger partial charge in [0.05, 0.1) is 0 Å². The van der Waals surface area contributed by atoms with Crippen LogP contribution in [0.4, 0.5) is 0 Å². The normalized spacial score (nSPS) is 11.5. The predicted octanol–water partition coefficient (Wildman–Crippen LogP) is 0.737. The Kier molecular flexibility index (Phi) is 5.67. The number of hydrogen-bond donors (Lipinski definition) is 1. The lowest BCUT2D eigenvalue weighted by Crippen LogP contribution is -2.37. The summed E-state index contributed by atoms with van der Waals surface area (Å²) in [7, 11) is 0. The van der Waals surface area contributed by atoms with E-state index in [1.165, 1.54) is 13.0 Å². The van der Waals surface area contributed by atoms with Crippen LogP contribution >= 0.6 is 0 Å². The number of ether oxygens (including phenoxy) is 1. The first-order valence-electron chi connectivity index (χ1n) is 7.22. The highest BCUT2D eigenvalue weighted by Gasteiger charge is 2.19. The maximum absolute atomic E-state index is 11.8. The standard InChI is InChI=1S/C16H17N3O5/c1-3-9-17-14(21)11(2)23-13(20)10-19-16(22)24-15(18-19)12-7-5-4-6-8-12/h3-8,11H,1,9-10H2,2H3,(H,17,21). The molecule has 0 aliphatic carbocycles. The van der Waals surface area contributed by atoms with Gasteiger partial charge in [0.15, 0.2) is 6.10 Å². The minimum atomic E-state index is -0.992. The molecule has 0 aliphatic rings. The molecular weight excluding hydrogens is 314 g/mol. The number of benzene rings is 1. The number of nitrogens with zero attached hydrogens (tertiary/aromatic N) is 2. The molecule has 1 unspecified atom stereocenters. The number of hydrogen-bond acceptors (Lipinski definition) is 6. The second-order valence-corrected chi connectivity index (χ2v) is 4.86. The maximum Gasteiger partial charge on any atom is 0.437 e. The topological polar surface area (TPSA) is 103 Å². The quantitative estimate of drug-likeness (QED) is 0.593. The molecule has 1 aromatic carbocycles. The van der Waals surface area contributed by atoms with Crippen molar-refractivity contribution in [2.75, 3.05) is 6.54 Å². The summed E-state index contributed by atoms with van der Waals surface area (Å²) in [4.78, 5) is 35.2. The number of nitrogens with one attached hydrogen (secondary N) is 1. The molecule has 1 heterocycles. The molecule has 1 amide bonds. The molecule has 126 valence electrons. The van der Waals surface area contributed by atoms with E-state index in [4.69, 9.17) is 9.15 Å². The Morgan fingerprint density at radius 3 is 2.79 bits per heavy atom. The largest absolute Gasteiger partial charge is 0.451 e. The van der Waals surface area contributed by atoms with Crippen molar-refractivity contribution in [3.63, 3.8) is 0 Å². The molecule has 0 aliphatic heterocycles. The number of esters is 1. The molecule has 0 spiro atoms. The number of carbonyl (C=O) groups excluding carboxylic acids is 2. The van der Waals surface area contributed by atoms with Gasteiger partial charge in [-0.2, -0.15) is 4.68 Å². The smallest absolute Gasteiger partial charge is 0.437 e. The first kappa shape index (κ1) is 17.2. The van der Waals surface area contributed by atoms with Gasteiger partial charge >= 0.3 is 11.7 Å². The van der Waals surface area contributed by atoms with Gasteiger partial charge in [-0.15, -0.1) is 11.7 Å². The van der Waals surface area contributed by atoms with Crippen LogP contribution in [-0.2, 0) is 20.9 Å². The van der Waals surface area contributed by atoms with E-state index in [0.29, 0.717) is 5.56 Å². The molecule has 0 radical (unpaired) electrons. The Morgan fingerprint density at radius 2 is 2.12 bits per heavy atom. The summed E-state index contributed by atoms with van der Waals surface area (Å²) >= 11 is 0. The number of rotatable bonds is 7. The van der Waals surface area contributed by atoms with E-state index in [1.807, 2.05) is 6.07 Å². The fourth-order valence-electron chi connectivity index (χ4n) is 1.83. The summed E-state index contributed by atoms with van der Waals surface area (Å²) < 4.78 is 10.8. The Bertz CT molecular complexity index is 779. The highest BCUT2D eigenvalue weighted by molar-refractivity contribution is 5.83. The summed E-state index contributed by atoms with van der Waals surface area (Å²) in [6.45, 7) is 4.71. The highest BCUT2D eigenvalue weighted by Crippen LogP contribution is 2.13. The van der Waals surface area contributed by atoms with Crippen molar-refractivity contribution in [3.8, 4) is 11.5 Å². The Labute approximate surface area is 137 Å². The van der Waals surface area contributed by atoms with Crippen LogP contribution in [0.2, 0.25) is 0 Å². The summed E-state index contributed by atoms with van der Waals surface area (Å²) in [5, 5.41) is 6.45. The van der Waals surface area contributed by atoms with E-state index in [1.54, 1.807) is 24.3 Å². The molecule has 0 fully saturated rings. The Morgan fingerprint density at radius 1 is 1.42 bits per heavy atom. The first-order valence-corrected chi connectivity index (χ1v) is 7.22. The predicted molar refractivity (Wildman–Crippen MR) is 85.0 cm³/mol. The van der Waals surface area contributed by atoms with Gasteiger partial charge in [0, 0.05) is 12.1 Å². The molecule has 24 heavy (non-hydrogen) atoms. The van der Waals surface area contributed by atoms with Crippen LogP contribution in [0, 0.1) is 0 Å². The lowest BCUT2D eigenvalue weighted by Gasteiger charge is -2.12. The van der Waals surface area contributed by atoms with Crippen molar-refractivity contribution in [2.24, 2.45) is 0 Å². The number of aromatic nitrogens is 2. The van der Waals surface area contributed by atoms with Gasteiger partial charge in [-0.25, -0.2) is 4.79 Å². The van der Waals surface area contributed by atoms with Gasteiger partial charge in [-0.05, 0) is 19.1 Å². The van der Waals surface area contributed by atoms with E-state index in [9.17, 15) is 14.4 Å². The van der Waals surface area contributed by atoms with Crippen LogP contribution in [0.25, 0.3) is 11.5 Å². The summed E-state index contributed by atoms with van der Waals surface area (Å²) in [6.07, 6.45) is 0.514. The Balaban J connectivity index is 2.00. The van der Waals surface area contributed by atoms with Crippen molar-refractivity contribution in [1.82, 2.24) is 15.1 Å². The molecule has 8 nitrogen and oxygen atoms in total. The van der Waals surface area contributed by atoms with Crippen molar-refractivity contribution >= 4 is 11.9 Å². The maximum atomic E-state index is 11.8. The lowest BCUT2D eigenvalue weighted by molar-refractivity contribution is -0.155. The zero-order valence-electron chi connectivity index (χ0n) is 13.1. The zero-order chi connectivity index (χ0) is 17.5. The molecule has 0 saturated carbocycles. The molecule has 2 aromatic rings. The van der Waals surface area contributed by atoms with Crippen LogP contribution < -0.4 is 11.1 Å². The number of amides is 1. The minimum absolute atomic E-state index is 0.102. The summed E-state index contributed by atoms with van der Waals surface area (Å²) in [5.74, 6) is -1.91. The highest BCUT2D eigenvalue weighted by atomic mass is 16.5. The van der Waals surface area contributed by atoms with E-state index >= 15 is 0 Å². The van der Waals surface area contributed by atoms with Crippen LogP contribution in [0.5, 0.6) is 0 Å². The van der Waals surface area contributed by atoms with Gasteiger partial charge in [0.2, 0.25) is 5.89 Å². The Hall–Kier alpha value is -3.16. The summed E-state index contributed by atoms with van der Waals surface area (Å²) in [5.41, 5.74) is 0.610. The fourth-order valence-corrected chi connectivity index (χ4v) is 1.83. The zero-order valence-corrected chi connectivity index (χ0v) is 13.1. The lowest BCUT2D eigenvalue weighted by atomic mass is 10.2. The first-order chi connectivity index (χ1) is 11.5. The SMILES string of the molecule is C=CCNC(=O)C(C)OC(=O)Cn1nc(-c2ccccc2)oc1=O. The van der Waals surface area contributed by atoms with Gasteiger partial charge in [-0.1, -0.05) is 24.3 Å². The third-order valence-corrected chi connectivity index (χ3v) is 3.00. The molecule has 0 saturated heterocycles. The molecule has 1 aromatic heterocycles. The van der Waals surface area contributed by atoms with Gasteiger partial charge in [-0.3, -0.25) is 9.59 Å². The van der Waals surface area contributed by atoms with Crippen molar-refractivity contribution in [2.45, 2.75) is 19.6 Å². The molecule has 0 bridgehead atoms. The van der Waals surface area contributed by atoms with E-state index in [2.05, 4.69) is 17.0 Å². The van der Waals surface area contributed by atoms with Gasteiger partial charge < -0.3 is 14.5 Å². The van der Waals surface area contributed by atoms with E-state index in [0.717, 1.165) is 4.68 Å². The van der Waals surface area contributed by atoms with Gasteiger partial charge in [0.25, 0.3) is 5.91 Å². The van der Waals surface area contributed by atoms with E-state index in [-0.39, 0.29) is 12.4 Å². The molecule has 8 heteroatoms.